The van der Waals surface area contributed by atoms with E-state index in [1.165, 1.54) is 0 Å². The molecule has 0 N–H and O–H groups in total. The fourth-order valence-electron chi connectivity index (χ4n) is 2.78. The van der Waals surface area contributed by atoms with Crippen LogP contribution in [0.2, 0.25) is 0 Å². The Morgan fingerprint density at radius 1 is 0.944 bits per heavy atom. The molecule has 0 aromatic carbocycles. The molecule has 0 rings (SSSR count). The van der Waals surface area contributed by atoms with Crippen molar-refractivity contribution in [2.75, 3.05) is 0 Å². The van der Waals surface area contributed by atoms with Crippen molar-refractivity contribution in [1.29, 1.82) is 0 Å². The predicted octanol–water partition coefficient (Wildman–Crippen LogP) is 4.34. The fourth-order valence-corrected chi connectivity index (χ4v) is 2.78. The third-order valence-corrected chi connectivity index (χ3v) is 3.94. The van der Waals surface area contributed by atoms with Crippen LogP contribution in [0.5, 0.6) is 0 Å². The maximum Gasteiger partial charge on any atom is 0.229 e. The molecule has 0 spiro atoms. The maximum atomic E-state index is 13.0. The van der Waals surface area contributed by atoms with Gasteiger partial charge in [0.2, 0.25) is 5.91 Å². The Kier molecular flexibility index (Phi) is 6.39. The Hall–Kier alpha value is -0.530. The van der Waals surface area contributed by atoms with E-state index < -0.39 is 0 Å². The van der Waals surface area contributed by atoms with E-state index in [4.69, 9.17) is 0 Å². The van der Waals surface area contributed by atoms with E-state index in [1.807, 2.05) is 4.90 Å². The van der Waals surface area contributed by atoms with Gasteiger partial charge in [-0.1, -0.05) is 34.6 Å². The van der Waals surface area contributed by atoms with E-state index in [1.54, 1.807) is 0 Å². The molecule has 2 nitrogen and oxygen atoms in total. The minimum Gasteiger partial charge on any atom is -0.337 e. The molecule has 0 heterocycles. The zero-order valence-electron chi connectivity index (χ0n) is 13.9. The number of carbonyl (C=O) groups excluding carboxylic acids is 1. The molecule has 1 unspecified atom stereocenters. The largest absolute Gasteiger partial charge is 0.337 e. The normalized spacial score (nSPS) is 15.6. The molecular weight excluding hydrogens is 222 g/mol. The summed E-state index contributed by atoms with van der Waals surface area (Å²) in [6, 6.07) is 0.533. The average Bonchev–Trinajstić information content (AvgIpc) is 2.14. The Labute approximate surface area is 114 Å². The topological polar surface area (TPSA) is 20.3 Å². The van der Waals surface area contributed by atoms with Crippen LogP contribution in [0.4, 0.5) is 0 Å². The van der Waals surface area contributed by atoms with E-state index in [0.717, 1.165) is 6.42 Å². The first kappa shape index (κ1) is 17.5. The lowest BCUT2D eigenvalue weighted by Gasteiger charge is -2.42. The van der Waals surface area contributed by atoms with Crippen molar-refractivity contribution in [1.82, 2.24) is 4.90 Å². The molecule has 1 atom stereocenters. The molecule has 0 aliphatic heterocycles. The van der Waals surface area contributed by atoms with Gasteiger partial charge in [-0.15, -0.1) is 0 Å². The van der Waals surface area contributed by atoms with Gasteiger partial charge in [0.1, 0.15) is 0 Å². The maximum absolute atomic E-state index is 13.0. The quantitative estimate of drug-likeness (QED) is 0.691. The Bertz CT molecular complexity index is 260. The summed E-state index contributed by atoms with van der Waals surface area (Å²) in [6.45, 7) is 19.3. The first-order chi connectivity index (χ1) is 8.04. The highest BCUT2D eigenvalue weighted by Gasteiger charge is 2.41. The fraction of sp³-hybridized carbons (Fsp3) is 0.938. The Morgan fingerprint density at radius 3 is 1.56 bits per heavy atom. The summed E-state index contributed by atoms with van der Waals surface area (Å²) >= 11 is 0. The number of nitrogens with zero attached hydrogens (tertiary/aromatic N) is 1. The molecule has 18 heavy (non-hydrogen) atoms. The van der Waals surface area contributed by atoms with Gasteiger partial charge in [-0.25, -0.2) is 0 Å². The lowest BCUT2D eigenvalue weighted by molar-refractivity contribution is -0.149. The van der Waals surface area contributed by atoms with Crippen LogP contribution >= 0.6 is 0 Å². The standard InChI is InChI=1S/C16H33NO/c1-11(2)10-16(9,12(3)4)15(18)17(13(5)6)14(7)8/h11-14H,10H2,1-9H3. The molecule has 2 heteroatoms. The van der Waals surface area contributed by atoms with Crippen LogP contribution in [-0.2, 0) is 4.79 Å². The first-order valence-corrected chi connectivity index (χ1v) is 7.36. The number of rotatable bonds is 6. The van der Waals surface area contributed by atoms with Gasteiger partial charge >= 0.3 is 0 Å². The first-order valence-electron chi connectivity index (χ1n) is 7.36. The van der Waals surface area contributed by atoms with Crippen molar-refractivity contribution in [2.24, 2.45) is 17.3 Å². The van der Waals surface area contributed by atoms with Crippen LogP contribution in [0.3, 0.4) is 0 Å². The summed E-state index contributed by atoms with van der Waals surface area (Å²) < 4.78 is 0. The predicted molar refractivity (Wildman–Crippen MR) is 79.5 cm³/mol. The second kappa shape index (κ2) is 6.58. The van der Waals surface area contributed by atoms with Crippen LogP contribution in [-0.4, -0.2) is 22.9 Å². The highest BCUT2D eigenvalue weighted by Crippen LogP contribution is 2.37. The molecule has 0 saturated heterocycles. The highest BCUT2D eigenvalue weighted by atomic mass is 16.2. The minimum atomic E-state index is -0.247. The Morgan fingerprint density at radius 2 is 1.33 bits per heavy atom. The summed E-state index contributed by atoms with van der Waals surface area (Å²) in [7, 11) is 0. The summed E-state index contributed by atoms with van der Waals surface area (Å²) in [5.41, 5.74) is -0.247. The molecule has 0 radical (unpaired) electrons. The number of amides is 1. The third kappa shape index (κ3) is 4.00. The molecule has 0 fully saturated rings. The van der Waals surface area contributed by atoms with Gasteiger partial charge in [-0.3, -0.25) is 4.79 Å². The second-order valence-electron chi connectivity index (χ2n) is 7.07. The summed E-state index contributed by atoms with van der Waals surface area (Å²) in [4.78, 5) is 15.0. The van der Waals surface area contributed by atoms with Crippen LogP contribution in [0.25, 0.3) is 0 Å². The van der Waals surface area contributed by atoms with Crippen molar-refractivity contribution in [3.05, 3.63) is 0 Å². The van der Waals surface area contributed by atoms with Crippen molar-refractivity contribution < 1.29 is 4.79 Å². The van der Waals surface area contributed by atoms with Crippen molar-refractivity contribution in [3.8, 4) is 0 Å². The lowest BCUT2D eigenvalue weighted by atomic mass is 9.72. The number of carbonyl (C=O) groups is 1. The van der Waals surface area contributed by atoms with Crippen molar-refractivity contribution in [3.63, 3.8) is 0 Å². The van der Waals surface area contributed by atoms with Crippen LogP contribution in [0, 0.1) is 17.3 Å². The van der Waals surface area contributed by atoms with Gasteiger partial charge in [-0.05, 0) is 46.0 Å². The molecule has 0 aromatic rings. The molecule has 108 valence electrons. The lowest BCUT2D eigenvalue weighted by Crippen LogP contribution is -2.51. The van der Waals surface area contributed by atoms with Crippen LogP contribution in [0.15, 0.2) is 0 Å². The SMILES string of the molecule is CC(C)CC(C)(C(=O)N(C(C)C)C(C)C)C(C)C. The second-order valence-corrected chi connectivity index (χ2v) is 7.07. The molecule has 0 aliphatic rings. The number of hydrogen-bond acceptors (Lipinski definition) is 1. The van der Waals surface area contributed by atoms with Gasteiger partial charge in [0.05, 0.1) is 0 Å². The highest BCUT2D eigenvalue weighted by molar-refractivity contribution is 5.83. The summed E-state index contributed by atoms with van der Waals surface area (Å²) in [5.74, 6) is 1.23. The van der Waals surface area contributed by atoms with Crippen molar-refractivity contribution >= 4 is 5.91 Å². The summed E-state index contributed by atoms with van der Waals surface area (Å²) in [6.07, 6.45) is 0.958. The number of hydrogen-bond donors (Lipinski definition) is 0. The van der Waals surface area contributed by atoms with Crippen LogP contribution < -0.4 is 0 Å². The van der Waals surface area contributed by atoms with Gasteiger partial charge in [0.25, 0.3) is 0 Å². The molecule has 0 aromatic heterocycles. The molecule has 1 amide bonds. The van der Waals surface area contributed by atoms with E-state index in [2.05, 4.69) is 62.3 Å². The summed E-state index contributed by atoms with van der Waals surface area (Å²) in [5, 5.41) is 0. The van der Waals surface area contributed by atoms with E-state index in [-0.39, 0.29) is 17.5 Å². The van der Waals surface area contributed by atoms with E-state index >= 15 is 0 Å². The van der Waals surface area contributed by atoms with E-state index in [0.29, 0.717) is 17.7 Å². The zero-order chi connectivity index (χ0) is 14.7. The van der Waals surface area contributed by atoms with Gasteiger partial charge in [0, 0.05) is 17.5 Å². The zero-order valence-corrected chi connectivity index (χ0v) is 13.9. The molecule has 0 bridgehead atoms. The van der Waals surface area contributed by atoms with Crippen LogP contribution in [0.1, 0.15) is 68.7 Å². The third-order valence-electron chi connectivity index (χ3n) is 3.94. The van der Waals surface area contributed by atoms with E-state index in [9.17, 15) is 4.79 Å². The molecule has 0 saturated carbocycles. The monoisotopic (exact) mass is 255 g/mol. The molecule has 0 aliphatic carbocycles. The minimum absolute atomic E-state index is 0.247. The van der Waals surface area contributed by atoms with Gasteiger partial charge in [0.15, 0.2) is 0 Å². The smallest absolute Gasteiger partial charge is 0.229 e. The van der Waals surface area contributed by atoms with Gasteiger partial charge in [-0.2, -0.15) is 0 Å². The van der Waals surface area contributed by atoms with Crippen molar-refractivity contribution in [2.45, 2.75) is 80.8 Å². The average molecular weight is 255 g/mol. The van der Waals surface area contributed by atoms with Gasteiger partial charge < -0.3 is 4.90 Å². The Balaban J connectivity index is 5.30. The molecular formula is C16H33NO.